The molecule has 0 aliphatic rings. The van der Waals surface area contributed by atoms with Crippen molar-refractivity contribution in [3.8, 4) is 28.6 Å². The summed E-state index contributed by atoms with van der Waals surface area (Å²) in [7, 11) is 4.58. The fourth-order valence-electron chi connectivity index (χ4n) is 2.54. The zero-order valence-corrected chi connectivity index (χ0v) is 14.2. The summed E-state index contributed by atoms with van der Waals surface area (Å²) in [4.78, 5) is 0. The molecule has 4 nitrogen and oxygen atoms in total. The molecule has 0 aliphatic heterocycles. The molecule has 1 heterocycles. The van der Waals surface area contributed by atoms with Crippen molar-refractivity contribution >= 4 is 23.2 Å². The first-order chi connectivity index (χ1) is 11.6. The molecule has 3 rings (SSSR count). The molecule has 124 valence electrons. The van der Waals surface area contributed by atoms with E-state index in [-0.39, 0.29) is 5.82 Å². The summed E-state index contributed by atoms with van der Waals surface area (Å²) in [6.07, 6.45) is 0. The van der Waals surface area contributed by atoms with Crippen LogP contribution in [-0.2, 0) is 0 Å². The molecule has 0 amide bonds. The maximum atomic E-state index is 13.1. The number of hydrogen-bond acceptors (Lipinski definition) is 5. The third-order valence-corrected chi connectivity index (χ3v) is 3.97. The normalized spacial score (nSPS) is 10.7. The van der Waals surface area contributed by atoms with Gasteiger partial charge in [0.2, 0.25) is 5.75 Å². The Hall–Kier alpha value is -2.60. The molecule has 0 spiro atoms. The van der Waals surface area contributed by atoms with Crippen LogP contribution in [0.25, 0.3) is 22.3 Å². The second kappa shape index (κ2) is 6.49. The molecular weight excluding hydrogens is 331 g/mol. The van der Waals surface area contributed by atoms with Gasteiger partial charge in [0.1, 0.15) is 17.2 Å². The Labute approximate surface area is 143 Å². The Morgan fingerprint density at radius 1 is 0.917 bits per heavy atom. The summed E-state index contributed by atoms with van der Waals surface area (Å²) in [5.41, 5.74) is 1.22. The van der Waals surface area contributed by atoms with Gasteiger partial charge in [-0.2, -0.15) is 0 Å². The summed E-state index contributed by atoms with van der Waals surface area (Å²) in [6.45, 7) is 0. The minimum absolute atomic E-state index is 0.314. The van der Waals surface area contributed by atoms with Crippen molar-refractivity contribution in [1.82, 2.24) is 0 Å². The van der Waals surface area contributed by atoms with Gasteiger partial charge in [-0.3, -0.25) is 0 Å². The van der Waals surface area contributed by atoms with Crippen LogP contribution in [0.3, 0.4) is 0 Å². The van der Waals surface area contributed by atoms with E-state index in [1.807, 2.05) is 0 Å². The van der Waals surface area contributed by atoms with Gasteiger partial charge in [-0.05, 0) is 24.3 Å². The van der Waals surface area contributed by atoms with Crippen LogP contribution in [0.1, 0.15) is 0 Å². The summed E-state index contributed by atoms with van der Waals surface area (Å²) < 4.78 is 35.8. The lowest BCUT2D eigenvalue weighted by Gasteiger charge is -2.15. The van der Waals surface area contributed by atoms with Crippen molar-refractivity contribution in [3.05, 3.63) is 46.7 Å². The highest BCUT2D eigenvalue weighted by molar-refractivity contribution is 7.71. The minimum atomic E-state index is -0.314. The predicted octanol–water partition coefficient (Wildman–Crippen LogP) is 4.99. The maximum Gasteiger partial charge on any atom is 0.204 e. The molecule has 0 N–H and O–H groups in total. The van der Waals surface area contributed by atoms with Gasteiger partial charge < -0.3 is 18.6 Å². The number of hydrogen-bond donors (Lipinski definition) is 0. The van der Waals surface area contributed by atoms with Crippen molar-refractivity contribution in [2.75, 3.05) is 21.3 Å². The van der Waals surface area contributed by atoms with Crippen LogP contribution in [0.15, 0.2) is 40.8 Å². The number of methoxy groups -OCH3 is 3. The van der Waals surface area contributed by atoms with Gasteiger partial charge in [-0.25, -0.2) is 4.39 Å². The summed E-state index contributed by atoms with van der Waals surface area (Å²) in [5, 5.41) is 0.621. The SMILES string of the molecule is COc1cc2oc(-c3ccc(F)cc3)cc(=S)c2c(OC)c1OC. The molecule has 0 aliphatic carbocycles. The van der Waals surface area contributed by atoms with Gasteiger partial charge >= 0.3 is 0 Å². The summed E-state index contributed by atoms with van der Waals surface area (Å²) >= 11 is 5.50. The number of benzene rings is 2. The van der Waals surface area contributed by atoms with Gasteiger partial charge in [0, 0.05) is 17.7 Å². The van der Waals surface area contributed by atoms with E-state index in [9.17, 15) is 4.39 Å². The zero-order valence-electron chi connectivity index (χ0n) is 13.4. The van der Waals surface area contributed by atoms with Crippen LogP contribution >= 0.6 is 12.2 Å². The quantitative estimate of drug-likeness (QED) is 0.622. The minimum Gasteiger partial charge on any atom is -0.493 e. The van der Waals surface area contributed by atoms with Gasteiger partial charge in [0.15, 0.2) is 11.5 Å². The number of ether oxygens (including phenoxy) is 3. The molecular formula is C18H15FO4S. The molecule has 0 saturated carbocycles. The molecule has 0 radical (unpaired) electrons. The molecule has 1 aromatic heterocycles. The second-order valence-electron chi connectivity index (χ2n) is 5.00. The molecule has 3 aromatic rings. The maximum absolute atomic E-state index is 13.1. The standard InChI is InChI=1S/C18H15FO4S/c1-20-14-8-13-16(18(22-3)17(14)21-2)15(24)9-12(23-13)10-4-6-11(19)7-5-10/h4-9H,1-3H3. The topological polar surface area (TPSA) is 40.8 Å². The lowest BCUT2D eigenvalue weighted by atomic mass is 10.1. The highest BCUT2D eigenvalue weighted by Crippen LogP contribution is 2.44. The molecule has 0 bridgehead atoms. The van der Waals surface area contributed by atoms with E-state index in [0.717, 1.165) is 5.56 Å². The Balaban J connectivity index is 2.32. The van der Waals surface area contributed by atoms with E-state index in [1.54, 1.807) is 24.3 Å². The first kappa shape index (κ1) is 16.3. The Kier molecular flexibility index (Phi) is 4.40. The lowest BCUT2D eigenvalue weighted by molar-refractivity contribution is 0.326. The van der Waals surface area contributed by atoms with E-state index in [1.165, 1.54) is 33.5 Å². The largest absolute Gasteiger partial charge is 0.493 e. The predicted molar refractivity (Wildman–Crippen MR) is 92.1 cm³/mol. The van der Waals surface area contributed by atoms with Crippen LogP contribution in [0, 0.1) is 10.3 Å². The summed E-state index contributed by atoms with van der Waals surface area (Å²) in [5.74, 6) is 1.58. The number of rotatable bonds is 4. The highest BCUT2D eigenvalue weighted by atomic mass is 32.1. The number of fused-ring (bicyclic) bond motifs is 1. The Bertz CT molecular complexity index is 948. The first-order valence-electron chi connectivity index (χ1n) is 7.11. The van der Waals surface area contributed by atoms with Crippen molar-refractivity contribution in [1.29, 1.82) is 0 Å². The first-order valence-corrected chi connectivity index (χ1v) is 7.52. The monoisotopic (exact) mass is 346 g/mol. The summed E-state index contributed by atoms with van der Waals surface area (Å²) in [6, 6.07) is 9.40. The lowest BCUT2D eigenvalue weighted by Crippen LogP contribution is -1.96. The van der Waals surface area contributed by atoms with Crippen LogP contribution in [0.2, 0.25) is 0 Å². The fourth-order valence-corrected chi connectivity index (χ4v) is 2.84. The van der Waals surface area contributed by atoms with Crippen LogP contribution in [0.4, 0.5) is 4.39 Å². The van der Waals surface area contributed by atoms with Crippen molar-refractivity contribution in [2.24, 2.45) is 0 Å². The fraction of sp³-hybridized carbons (Fsp3) is 0.167. The molecule has 0 fully saturated rings. The van der Waals surface area contributed by atoms with Crippen LogP contribution < -0.4 is 14.2 Å². The third kappa shape index (κ3) is 2.69. The molecule has 2 aromatic carbocycles. The Morgan fingerprint density at radius 3 is 2.17 bits per heavy atom. The molecule has 0 saturated heterocycles. The highest BCUT2D eigenvalue weighted by Gasteiger charge is 2.19. The van der Waals surface area contributed by atoms with E-state index in [4.69, 9.17) is 30.8 Å². The smallest absolute Gasteiger partial charge is 0.204 e. The molecule has 6 heteroatoms. The van der Waals surface area contributed by atoms with Crippen molar-refractivity contribution in [3.63, 3.8) is 0 Å². The average molecular weight is 346 g/mol. The zero-order chi connectivity index (χ0) is 17.3. The van der Waals surface area contributed by atoms with Crippen molar-refractivity contribution in [2.45, 2.75) is 0 Å². The average Bonchev–Trinajstić information content (AvgIpc) is 2.60. The van der Waals surface area contributed by atoms with E-state index in [2.05, 4.69) is 0 Å². The second-order valence-corrected chi connectivity index (χ2v) is 5.44. The van der Waals surface area contributed by atoms with Gasteiger partial charge in [0.25, 0.3) is 0 Å². The molecule has 24 heavy (non-hydrogen) atoms. The Morgan fingerprint density at radius 2 is 1.58 bits per heavy atom. The van der Waals surface area contributed by atoms with Crippen LogP contribution in [-0.4, -0.2) is 21.3 Å². The van der Waals surface area contributed by atoms with Gasteiger partial charge in [0.05, 0.1) is 31.2 Å². The van der Waals surface area contributed by atoms with Gasteiger partial charge in [-0.15, -0.1) is 0 Å². The molecule has 0 atom stereocenters. The van der Waals surface area contributed by atoms with Crippen molar-refractivity contribution < 1.29 is 23.0 Å². The molecule has 0 unspecified atom stereocenters. The van der Waals surface area contributed by atoms with Crippen LogP contribution in [0.5, 0.6) is 17.2 Å². The van der Waals surface area contributed by atoms with E-state index < -0.39 is 0 Å². The number of halogens is 1. The van der Waals surface area contributed by atoms with E-state index in [0.29, 0.717) is 38.5 Å². The van der Waals surface area contributed by atoms with Gasteiger partial charge in [-0.1, -0.05) is 12.2 Å². The third-order valence-electron chi connectivity index (χ3n) is 3.65. The van der Waals surface area contributed by atoms with E-state index >= 15 is 0 Å².